The number of nitrogens with two attached hydrogens (primary N) is 1. The zero-order chi connectivity index (χ0) is 26.8. The van der Waals surface area contributed by atoms with Gasteiger partial charge < -0.3 is 15.7 Å². The van der Waals surface area contributed by atoms with E-state index >= 15 is 0 Å². The molecule has 0 spiro atoms. The van der Waals surface area contributed by atoms with Crippen LogP contribution in [0.5, 0.6) is 0 Å². The Labute approximate surface area is 223 Å². The van der Waals surface area contributed by atoms with Crippen LogP contribution in [0.4, 0.5) is 5.82 Å². The number of aliphatic hydroxyl groups excluding tert-OH is 1. The zero-order valence-electron chi connectivity index (χ0n) is 21.5. The number of nitrogens with one attached hydrogen (secondary N) is 1. The lowest BCUT2D eigenvalue weighted by molar-refractivity contribution is 0.0556. The first-order valence-electron chi connectivity index (χ1n) is 13.4. The molecule has 3 aliphatic rings. The zero-order valence-corrected chi connectivity index (χ0v) is 21.5. The van der Waals surface area contributed by atoms with Crippen LogP contribution in [-0.4, -0.2) is 68.5 Å². The Kier molecular flexibility index (Phi) is 5.48. The van der Waals surface area contributed by atoms with Crippen molar-refractivity contribution >= 4 is 23.2 Å². The number of aliphatic hydroxyl groups is 1. The Bertz CT molecular complexity index is 1600. The molecule has 0 aromatic carbocycles. The highest BCUT2D eigenvalue weighted by Gasteiger charge is 2.45. The lowest BCUT2D eigenvalue weighted by atomic mass is 9.85. The molecule has 200 valence electrons. The number of carbonyl (C=O) groups is 2. The summed E-state index contributed by atoms with van der Waals surface area (Å²) in [6, 6.07) is 2.09. The molecule has 4 N–H and O–H groups in total. The van der Waals surface area contributed by atoms with Crippen molar-refractivity contribution in [1.82, 2.24) is 39.7 Å². The van der Waals surface area contributed by atoms with E-state index in [-0.39, 0.29) is 41.3 Å². The Hall–Kier alpha value is -4.19. The number of ketones is 1. The summed E-state index contributed by atoms with van der Waals surface area (Å²) in [6.45, 7) is 1.50. The normalized spacial score (nSPS) is 24.2. The fraction of sp³-hybridized carbons (Fsp3) is 0.444. The van der Waals surface area contributed by atoms with E-state index in [0.717, 1.165) is 54.5 Å². The lowest BCUT2D eigenvalue weighted by Gasteiger charge is -2.38. The van der Waals surface area contributed by atoms with Gasteiger partial charge in [0, 0.05) is 35.3 Å². The highest BCUT2D eigenvalue weighted by molar-refractivity contribution is 6.00. The number of rotatable bonds is 4. The molecule has 2 bridgehead atoms. The number of nitrogen functional groups attached to an aromatic ring is 1. The molecular weight excluding hydrogens is 498 g/mol. The molecule has 1 amide bonds. The molecule has 39 heavy (non-hydrogen) atoms. The minimum atomic E-state index is -0.539. The third-order valence-electron chi connectivity index (χ3n) is 8.59. The van der Waals surface area contributed by atoms with Gasteiger partial charge in [0.25, 0.3) is 5.91 Å². The van der Waals surface area contributed by atoms with Gasteiger partial charge in [-0.15, -0.1) is 0 Å². The minimum absolute atomic E-state index is 0.0195. The van der Waals surface area contributed by atoms with Crippen molar-refractivity contribution in [3.8, 4) is 11.1 Å². The van der Waals surface area contributed by atoms with E-state index in [2.05, 4.69) is 25.3 Å². The summed E-state index contributed by atoms with van der Waals surface area (Å²) in [5.74, 6) is 0.172. The number of hydrogen-bond acceptors (Lipinski definition) is 9. The molecule has 0 saturated carbocycles. The van der Waals surface area contributed by atoms with Crippen LogP contribution in [0.25, 0.3) is 16.8 Å². The number of piperidine rings is 1. The number of hydrogen-bond donors (Lipinski definition) is 3. The van der Waals surface area contributed by atoms with Gasteiger partial charge in [-0.05, 0) is 63.5 Å². The second-order valence-electron chi connectivity index (χ2n) is 10.9. The third kappa shape index (κ3) is 3.73. The molecule has 0 radical (unpaired) electrons. The summed E-state index contributed by atoms with van der Waals surface area (Å²) in [4.78, 5) is 41.6. The van der Waals surface area contributed by atoms with Gasteiger partial charge in [0.05, 0.1) is 29.3 Å². The topological polar surface area (TPSA) is 168 Å². The van der Waals surface area contributed by atoms with Gasteiger partial charge in [0.1, 0.15) is 12.1 Å². The number of aromatic nitrogens is 7. The molecule has 2 saturated heterocycles. The molecule has 7 rings (SSSR count). The quantitative estimate of drug-likeness (QED) is 0.338. The first kappa shape index (κ1) is 23.9. The Balaban J connectivity index is 1.29. The molecule has 1 aliphatic carbocycles. The molecule has 12 nitrogen and oxygen atoms in total. The first-order chi connectivity index (χ1) is 18.9. The number of pyridine rings is 1. The third-order valence-corrected chi connectivity index (χ3v) is 8.59. The fourth-order valence-electron chi connectivity index (χ4n) is 6.85. The number of amides is 1. The first-order valence-corrected chi connectivity index (χ1v) is 13.4. The number of anilines is 1. The summed E-state index contributed by atoms with van der Waals surface area (Å²) >= 11 is 0. The van der Waals surface area contributed by atoms with Crippen molar-refractivity contribution in [3.63, 3.8) is 0 Å². The maximum absolute atomic E-state index is 13.1. The Morgan fingerprint density at radius 1 is 1.10 bits per heavy atom. The molecule has 12 heteroatoms. The van der Waals surface area contributed by atoms with Gasteiger partial charge in [-0.1, -0.05) is 0 Å². The average Bonchev–Trinajstić information content (AvgIpc) is 3.66. The predicted molar refractivity (Wildman–Crippen MR) is 140 cm³/mol. The second-order valence-corrected chi connectivity index (χ2v) is 10.9. The van der Waals surface area contributed by atoms with Crippen molar-refractivity contribution in [3.05, 3.63) is 53.1 Å². The van der Waals surface area contributed by atoms with E-state index in [9.17, 15) is 14.7 Å². The Morgan fingerprint density at radius 2 is 1.90 bits per heavy atom. The largest absolute Gasteiger partial charge is 0.387 e. The second kappa shape index (κ2) is 8.94. The number of Topliss-reactive ketones (excluding diaryl/α,β-unsaturated/α-hetero) is 1. The van der Waals surface area contributed by atoms with Crippen LogP contribution in [0.15, 0.2) is 24.8 Å². The van der Waals surface area contributed by atoms with Crippen molar-refractivity contribution in [2.75, 3.05) is 5.73 Å². The molecule has 3 unspecified atom stereocenters. The lowest BCUT2D eigenvalue weighted by Crippen LogP contribution is -2.46. The number of fused-ring (bicyclic) bond motifs is 4. The van der Waals surface area contributed by atoms with Crippen LogP contribution in [0, 0.1) is 0 Å². The van der Waals surface area contributed by atoms with Crippen molar-refractivity contribution in [1.29, 1.82) is 0 Å². The highest BCUT2D eigenvalue weighted by Crippen LogP contribution is 2.45. The van der Waals surface area contributed by atoms with E-state index in [1.54, 1.807) is 12.4 Å². The van der Waals surface area contributed by atoms with Crippen molar-refractivity contribution in [2.24, 2.45) is 0 Å². The standard InChI is InChI=1S/C27H29N9O3/c1-13(37)21-23(15-8-17-5-6-18(9-15)35(17)27(39)25-30-12-31-34-25)33-26-19(11-32-36(26)24(21)28)16-7-14-3-2-4-20(38)22(14)29-10-16/h7,10-12,15,17-18,20,38H,2-6,8-9,28H2,1H3,(H,30,31,34)/t15?,17-,18?,20?/m0/s1. The SMILES string of the molecule is CC(=O)c1c(C2CC3CC[C@@H](C2)N3C(=O)c2ncn[nH]2)nc2c(-c3cnc4c(c3)CCCC4O)cnn2c1N. The number of aryl methyl sites for hydroxylation is 1. The average molecular weight is 528 g/mol. The number of carbonyl (C=O) groups excluding carboxylic acids is 2. The number of aromatic amines is 1. The van der Waals surface area contributed by atoms with Crippen LogP contribution in [-0.2, 0) is 6.42 Å². The van der Waals surface area contributed by atoms with Crippen LogP contribution in [0.1, 0.15) is 95.4 Å². The van der Waals surface area contributed by atoms with Crippen molar-refractivity contribution < 1.29 is 14.7 Å². The molecule has 2 aliphatic heterocycles. The number of nitrogens with zero attached hydrogens (tertiary/aromatic N) is 7. The van der Waals surface area contributed by atoms with Crippen LogP contribution in [0.3, 0.4) is 0 Å². The van der Waals surface area contributed by atoms with Crippen LogP contribution in [0.2, 0.25) is 0 Å². The maximum atomic E-state index is 13.1. The molecule has 4 aromatic rings. The Morgan fingerprint density at radius 3 is 2.62 bits per heavy atom. The summed E-state index contributed by atoms with van der Waals surface area (Å²) in [5, 5.41) is 21.3. The van der Waals surface area contributed by atoms with Gasteiger partial charge in [-0.2, -0.15) is 14.7 Å². The van der Waals surface area contributed by atoms with Gasteiger partial charge in [0.15, 0.2) is 11.4 Å². The summed E-state index contributed by atoms with van der Waals surface area (Å²) in [6.07, 6.45) is 9.87. The van der Waals surface area contributed by atoms with Gasteiger partial charge >= 0.3 is 0 Å². The molecule has 6 heterocycles. The fourth-order valence-corrected chi connectivity index (χ4v) is 6.85. The van der Waals surface area contributed by atoms with E-state index in [4.69, 9.17) is 10.7 Å². The van der Waals surface area contributed by atoms with E-state index in [0.29, 0.717) is 29.7 Å². The van der Waals surface area contributed by atoms with Gasteiger partial charge in [-0.3, -0.25) is 19.7 Å². The smallest absolute Gasteiger partial charge is 0.291 e. The summed E-state index contributed by atoms with van der Waals surface area (Å²) < 4.78 is 1.53. The van der Waals surface area contributed by atoms with Crippen LogP contribution >= 0.6 is 0 Å². The predicted octanol–water partition coefficient (Wildman–Crippen LogP) is 2.61. The van der Waals surface area contributed by atoms with E-state index in [1.165, 1.54) is 17.8 Å². The highest BCUT2D eigenvalue weighted by atomic mass is 16.3. The van der Waals surface area contributed by atoms with Gasteiger partial charge in [-0.25, -0.2) is 9.97 Å². The molecule has 2 fully saturated rings. The van der Waals surface area contributed by atoms with Crippen molar-refractivity contribution in [2.45, 2.75) is 76.0 Å². The molecule has 4 aromatic heterocycles. The molecular formula is C27H29N9O3. The van der Waals surface area contributed by atoms with E-state index in [1.807, 2.05) is 11.0 Å². The van der Waals surface area contributed by atoms with E-state index < -0.39 is 6.10 Å². The number of H-pyrrole nitrogens is 1. The molecule has 4 atom stereocenters. The van der Waals surface area contributed by atoms with Crippen LogP contribution < -0.4 is 5.73 Å². The minimum Gasteiger partial charge on any atom is -0.387 e. The maximum Gasteiger partial charge on any atom is 0.291 e. The monoisotopic (exact) mass is 527 g/mol. The summed E-state index contributed by atoms with van der Waals surface area (Å²) in [5.41, 5.74) is 11.6. The van der Waals surface area contributed by atoms with Gasteiger partial charge in [0.2, 0.25) is 5.82 Å². The summed E-state index contributed by atoms with van der Waals surface area (Å²) in [7, 11) is 0.